The number of nitrogens with one attached hydrogen (secondary N) is 1. The van der Waals surface area contributed by atoms with Gasteiger partial charge in [0.1, 0.15) is 29.0 Å². The molecule has 1 amide bonds. The summed E-state index contributed by atoms with van der Waals surface area (Å²) in [5.74, 6) is -0.370. The summed E-state index contributed by atoms with van der Waals surface area (Å²) in [6.45, 7) is 3.64. The van der Waals surface area contributed by atoms with Gasteiger partial charge in [0.25, 0.3) is 5.91 Å². The van der Waals surface area contributed by atoms with Gasteiger partial charge in [-0.05, 0) is 73.5 Å². The van der Waals surface area contributed by atoms with E-state index in [1.807, 2.05) is 68.4 Å². The van der Waals surface area contributed by atoms with Crippen molar-refractivity contribution in [3.8, 4) is 0 Å². The molecular formula is C28H26FNOPY+. The normalized spacial score (nSPS) is 10.9. The summed E-state index contributed by atoms with van der Waals surface area (Å²) >= 11 is 0. The van der Waals surface area contributed by atoms with Gasteiger partial charge < -0.3 is 5.32 Å². The number of aryl methyl sites for hydroxylation is 2. The first-order valence-electron chi connectivity index (χ1n) is 10.6. The van der Waals surface area contributed by atoms with Crippen LogP contribution in [0.4, 0.5) is 10.1 Å². The molecule has 4 rings (SSSR count). The van der Waals surface area contributed by atoms with Gasteiger partial charge in [0.15, 0.2) is 6.16 Å². The molecule has 0 bridgehead atoms. The Kier molecular flexibility index (Phi) is 8.71. The molecule has 0 heterocycles. The summed E-state index contributed by atoms with van der Waals surface area (Å²) in [5.41, 5.74) is 2.13. The second kappa shape index (κ2) is 11.3. The molecule has 0 atom stereocenters. The van der Waals surface area contributed by atoms with Crippen LogP contribution in [0.25, 0.3) is 0 Å². The molecule has 0 saturated carbocycles. The minimum Gasteiger partial charge on any atom is -0.322 e. The van der Waals surface area contributed by atoms with E-state index in [1.54, 1.807) is 0 Å². The molecule has 0 aliphatic carbocycles. The van der Waals surface area contributed by atoms with Crippen LogP contribution in [0, 0.1) is 19.7 Å². The topological polar surface area (TPSA) is 29.1 Å². The fourth-order valence-corrected chi connectivity index (χ4v) is 8.27. The van der Waals surface area contributed by atoms with Gasteiger partial charge >= 0.3 is 0 Å². The van der Waals surface area contributed by atoms with E-state index in [0.29, 0.717) is 11.8 Å². The van der Waals surface area contributed by atoms with Gasteiger partial charge in [-0.2, -0.15) is 0 Å². The summed E-state index contributed by atoms with van der Waals surface area (Å²) in [7, 11) is -2.27. The fraction of sp³-hybridized carbons (Fsp3) is 0.107. The number of halogens is 1. The fourth-order valence-electron chi connectivity index (χ4n) is 4.27. The van der Waals surface area contributed by atoms with E-state index in [2.05, 4.69) is 41.7 Å². The first-order valence-corrected chi connectivity index (χ1v) is 12.6. The second-order valence-electron chi connectivity index (χ2n) is 7.94. The number of hydrogen-bond donors (Lipinski definition) is 1. The van der Waals surface area contributed by atoms with Crippen molar-refractivity contribution in [2.24, 2.45) is 0 Å². The van der Waals surface area contributed by atoms with Crippen LogP contribution in [0.15, 0.2) is 103 Å². The zero-order valence-corrected chi connectivity index (χ0v) is 22.6. The first kappa shape index (κ1) is 25.4. The molecule has 2 nitrogen and oxygen atoms in total. The number of hydrogen-bond acceptors (Lipinski definition) is 1. The molecule has 0 spiro atoms. The van der Waals surface area contributed by atoms with Gasteiger partial charge in [-0.1, -0.05) is 54.6 Å². The average Bonchev–Trinajstić information content (AvgIpc) is 2.81. The van der Waals surface area contributed by atoms with Crippen LogP contribution in [0.1, 0.15) is 11.1 Å². The molecule has 0 saturated heterocycles. The van der Waals surface area contributed by atoms with E-state index in [-0.39, 0.29) is 44.4 Å². The maximum atomic E-state index is 13.8. The van der Waals surface area contributed by atoms with Crippen molar-refractivity contribution in [1.82, 2.24) is 0 Å². The maximum Gasteiger partial charge on any atom is 0.263 e. The molecule has 163 valence electrons. The van der Waals surface area contributed by atoms with E-state index >= 15 is 0 Å². The quantitative estimate of drug-likeness (QED) is 0.333. The van der Waals surface area contributed by atoms with E-state index in [1.165, 1.54) is 12.1 Å². The van der Waals surface area contributed by atoms with Crippen LogP contribution in [0.2, 0.25) is 0 Å². The second-order valence-corrected chi connectivity index (χ2v) is 11.4. The molecule has 33 heavy (non-hydrogen) atoms. The first-order chi connectivity index (χ1) is 15.5. The monoisotopic (exact) mass is 531 g/mol. The Morgan fingerprint density at radius 2 is 1.09 bits per heavy atom. The zero-order valence-electron chi connectivity index (χ0n) is 18.8. The van der Waals surface area contributed by atoms with E-state index < -0.39 is 7.26 Å². The molecule has 5 heteroatoms. The van der Waals surface area contributed by atoms with Crippen molar-refractivity contribution in [2.45, 2.75) is 13.8 Å². The molecule has 4 aromatic rings. The van der Waals surface area contributed by atoms with Gasteiger partial charge in [0, 0.05) is 38.4 Å². The molecule has 0 aliphatic rings. The third-order valence-corrected chi connectivity index (χ3v) is 10.0. The third-order valence-electron chi connectivity index (χ3n) is 5.73. The van der Waals surface area contributed by atoms with E-state index in [4.69, 9.17) is 0 Å². The standard InChI is InChI=1S/C28H25FNOP.Y/c1-21-18-23(29)19-22(2)28(21)30-27(31)20-32(24-12-6-3-7-13-24,25-14-8-4-9-15-25)26-16-10-5-11-17-26;/h3-19H,20H2,1-2H3;/p+1. The number of amides is 1. The number of carbonyl (C=O) groups is 1. The average molecular weight is 531 g/mol. The Hall–Kier alpha value is -2.19. The SMILES string of the molecule is Cc1cc(F)cc(C)c1NC(=O)C[P+](c1ccccc1)(c1ccccc1)c1ccccc1.[Y]. The summed E-state index contributed by atoms with van der Waals surface area (Å²) < 4.78 is 13.8. The van der Waals surface area contributed by atoms with Crippen molar-refractivity contribution in [2.75, 3.05) is 11.5 Å². The molecule has 1 radical (unpaired) electrons. The van der Waals surface area contributed by atoms with Gasteiger partial charge in [0.05, 0.1) is 0 Å². The molecule has 0 unspecified atom stereocenters. The van der Waals surface area contributed by atoms with Crippen molar-refractivity contribution >= 4 is 34.8 Å². The third kappa shape index (κ3) is 5.49. The summed E-state index contributed by atoms with van der Waals surface area (Å²) in [5, 5.41) is 6.55. The molecule has 0 aromatic heterocycles. The number of anilines is 1. The Labute approximate surface area is 220 Å². The molecule has 4 aromatic carbocycles. The van der Waals surface area contributed by atoms with E-state index in [9.17, 15) is 9.18 Å². The van der Waals surface area contributed by atoms with Gasteiger partial charge in [-0.25, -0.2) is 4.39 Å². The van der Waals surface area contributed by atoms with Crippen LogP contribution < -0.4 is 21.2 Å². The van der Waals surface area contributed by atoms with Crippen molar-refractivity contribution in [1.29, 1.82) is 0 Å². The van der Waals surface area contributed by atoms with Gasteiger partial charge in [-0.15, -0.1) is 0 Å². The smallest absolute Gasteiger partial charge is 0.263 e. The molecular weight excluding hydrogens is 505 g/mol. The minimum atomic E-state index is -2.27. The van der Waals surface area contributed by atoms with Gasteiger partial charge in [0.2, 0.25) is 0 Å². The maximum absolute atomic E-state index is 13.8. The van der Waals surface area contributed by atoms with Crippen LogP contribution in [0.5, 0.6) is 0 Å². The summed E-state index contributed by atoms with van der Waals surface area (Å²) in [4.78, 5) is 13.6. The van der Waals surface area contributed by atoms with Crippen molar-refractivity contribution < 1.29 is 41.9 Å². The number of rotatable bonds is 6. The Bertz CT molecular complexity index is 1100. The van der Waals surface area contributed by atoms with Crippen LogP contribution >= 0.6 is 7.26 Å². The largest absolute Gasteiger partial charge is 0.322 e. The van der Waals surface area contributed by atoms with Crippen LogP contribution in [0.3, 0.4) is 0 Å². The van der Waals surface area contributed by atoms with E-state index in [0.717, 1.165) is 27.0 Å². The van der Waals surface area contributed by atoms with Crippen LogP contribution in [-0.2, 0) is 37.5 Å². The number of benzene rings is 4. The molecule has 1 N–H and O–H groups in total. The summed E-state index contributed by atoms with van der Waals surface area (Å²) in [6, 6.07) is 33.8. The van der Waals surface area contributed by atoms with Crippen molar-refractivity contribution in [3.05, 3.63) is 120 Å². The Morgan fingerprint density at radius 3 is 1.45 bits per heavy atom. The Morgan fingerprint density at radius 1 is 0.727 bits per heavy atom. The Balaban J connectivity index is 0.00000306. The molecule has 0 aliphatic heterocycles. The van der Waals surface area contributed by atoms with Gasteiger partial charge in [-0.3, -0.25) is 4.79 Å². The number of carbonyl (C=O) groups excluding carboxylic acids is 1. The summed E-state index contributed by atoms with van der Waals surface area (Å²) in [6.07, 6.45) is 0.321. The minimum absolute atomic E-state index is 0. The molecule has 0 fully saturated rings. The predicted octanol–water partition coefficient (Wildman–Crippen LogP) is 5.37. The van der Waals surface area contributed by atoms with Crippen molar-refractivity contribution in [3.63, 3.8) is 0 Å². The van der Waals surface area contributed by atoms with Crippen LogP contribution in [-0.4, -0.2) is 12.1 Å². The zero-order chi connectivity index (χ0) is 22.6. The predicted molar refractivity (Wildman–Crippen MR) is 135 cm³/mol.